The molecule has 2 heterocycles. The first-order valence-electron chi connectivity index (χ1n) is 8.68. The van der Waals surface area contributed by atoms with Crippen LogP contribution >= 0.6 is 0 Å². The molecule has 1 amide bonds. The van der Waals surface area contributed by atoms with Crippen LogP contribution in [0.15, 0.2) is 36.7 Å². The molecule has 1 N–H and O–H groups in total. The van der Waals surface area contributed by atoms with E-state index in [0.717, 1.165) is 30.9 Å². The Morgan fingerprint density at radius 3 is 2.83 bits per heavy atom. The smallest absolute Gasteiger partial charge is 0.278 e. The molecule has 1 atom stereocenters. The van der Waals surface area contributed by atoms with E-state index in [-0.39, 0.29) is 11.9 Å². The molecule has 1 aromatic heterocycles. The Morgan fingerprint density at radius 1 is 1.25 bits per heavy atom. The Hall–Kier alpha value is -2.43. The van der Waals surface area contributed by atoms with Crippen molar-refractivity contribution in [2.75, 3.05) is 16.8 Å². The van der Waals surface area contributed by atoms with Crippen LogP contribution in [0.4, 0.5) is 11.5 Å². The number of carbonyl (C=O) groups is 1. The van der Waals surface area contributed by atoms with E-state index in [1.807, 2.05) is 23.1 Å². The van der Waals surface area contributed by atoms with Crippen LogP contribution < -0.4 is 10.2 Å². The van der Waals surface area contributed by atoms with Crippen LogP contribution in [0.25, 0.3) is 0 Å². The lowest BCUT2D eigenvalue weighted by molar-refractivity contribution is 0.0976. The van der Waals surface area contributed by atoms with E-state index in [0.29, 0.717) is 5.69 Å². The Labute approximate surface area is 143 Å². The van der Waals surface area contributed by atoms with E-state index in [2.05, 4.69) is 35.2 Å². The van der Waals surface area contributed by atoms with Crippen molar-refractivity contribution < 1.29 is 4.79 Å². The van der Waals surface area contributed by atoms with E-state index in [9.17, 15) is 4.79 Å². The molecule has 5 heteroatoms. The van der Waals surface area contributed by atoms with Gasteiger partial charge in [-0.25, -0.2) is 9.97 Å². The molecular weight excluding hydrogens is 300 g/mol. The minimum absolute atomic E-state index is 0.0857. The molecule has 0 radical (unpaired) electrons. The summed E-state index contributed by atoms with van der Waals surface area (Å²) < 4.78 is 0. The summed E-state index contributed by atoms with van der Waals surface area (Å²) in [5.41, 5.74) is 2.58. The number of nitrogens with zero attached hydrogens (tertiary/aromatic N) is 3. The average Bonchev–Trinajstić information content (AvgIpc) is 2.94. The van der Waals surface area contributed by atoms with Crippen molar-refractivity contribution in [3.05, 3.63) is 47.9 Å². The van der Waals surface area contributed by atoms with E-state index in [1.54, 1.807) is 12.4 Å². The summed E-state index contributed by atoms with van der Waals surface area (Å²) in [6, 6.07) is 8.19. The van der Waals surface area contributed by atoms with E-state index in [4.69, 9.17) is 0 Å². The van der Waals surface area contributed by atoms with Gasteiger partial charge in [-0.3, -0.25) is 4.79 Å². The Balaban J connectivity index is 1.69. The van der Waals surface area contributed by atoms with Crippen molar-refractivity contribution in [1.82, 2.24) is 9.97 Å². The van der Waals surface area contributed by atoms with Gasteiger partial charge in [-0.2, -0.15) is 0 Å². The summed E-state index contributed by atoms with van der Waals surface area (Å²) in [4.78, 5) is 23.3. The third kappa shape index (κ3) is 3.40. The maximum absolute atomic E-state index is 12.8. The van der Waals surface area contributed by atoms with Crippen molar-refractivity contribution in [2.45, 2.75) is 45.6 Å². The quantitative estimate of drug-likeness (QED) is 0.824. The summed E-state index contributed by atoms with van der Waals surface area (Å²) in [7, 11) is 0. The van der Waals surface area contributed by atoms with Crippen molar-refractivity contribution in [1.29, 1.82) is 0 Å². The fraction of sp³-hybridized carbons (Fsp3) is 0.421. The second-order valence-corrected chi connectivity index (χ2v) is 6.28. The highest BCUT2D eigenvalue weighted by molar-refractivity contribution is 6.06. The number of aromatic nitrogens is 2. The van der Waals surface area contributed by atoms with Gasteiger partial charge < -0.3 is 10.2 Å². The fourth-order valence-electron chi connectivity index (χ4n) is 3.12. The van der Waals surface area contributed by atoms with Gasteiger partial charge in [0.15, 0.2) is 0 Å². The van der Waals surface area contributed by atoms with E-state index >= 15 is 0 Å². The molecule has 0 saturated heterocycles. The number of para-hydroxylation sites is 1. The van der Waals surface area contributed by atoms with Gasteiger partial charge in [0.05, 0.1) is 12.4 Å². The topological polar surface area (TPSA) is 58.1 Å². The molecule has 126 valence electrons. The number of carbonyl (C=O) groups excluding carboxylic acids is 1. The fourth-order valence-corrected chi connectivity index (χ4v) is 3.12. The number of amides is 1. The van der Waals surface area contributed by atoms with Crippen LogP contribution in [0.2, 0.25) is 0 Å². The van der Waals surface area contributed by atoms with Gasteiger partial charge in [-0.05, 0) is 31.4 Å². The molecule has 1 aromatic carbocycles. The van der Waals surface area contributed by atoms with Crippen LogP contribution in [0, 0.1) is 0 Å². The molecule has 1 unspecified atom stereocenters. The highest BCUT2D eigenvalue weighted by Gasteiger charge is 2.31. The predicted molar refractivity (Wildman–Crippen MR) is 96.5 cm³/mol. The number of rotatable bonds is 6. The van der Waals surface area contributed by atoms with Crippen molar-refractivity contribution >= 4 is 17.4 Å². The van der Waals surface area contributed by atoms with Crippen LogP contribution in [-0.4, -0.2) is 28.5 Å². The van der Waals surface area contributed by atoms with Gasteiger partial charge in [-0.15, -0.1) is 0 Å². The van der Waals surface area contributed by atoms with Crippen LogP contribution in [-0.2, 0) is 6.42 Å². The van der Waals surface area contributed by atoms with Gasteiger partial charge in [0.2, 0.25) is 0 Å². The lowest BCUT2D eigenvalue weighted by Gasteiger charge is -2.22. The Morgan fingerprint density at radius 2 is 2.08 bits per heavy atom. The minimum atomic E-state index is -0.0857. The van der Waals surface area contributed by atoms with Crippen molar-refractivity contribution in [2.24, 2.45) is 0 Å². The number of anilines is 2. The average molecular weight is 324 g/mol. The maximum atomic E-state index is 12.8. The third-order valence-electron chi connectivity index (χ3n) is 4.38. The standard InChI is InChI=1S/C19H24N4O/c1-3-4-7-10-20-18-13-21-16(12-22-18)19(24)23-14(2)11-15-8-5-6-9-17(15)23/h5-6,8-9,12-14H,3-4,7,10-11H2,1-2H3,(H,20,22). The number of fused-ring (bicyclic) bond motifs is 1. The molecule has 0 spiro atoms. The molecule has 0 saturated carbocycles. The predicted octanol–water partition coefficient (Wildman–Crippen LogP) is 3.67. The van der Waals surface area contributed by atoms with Crippen LogP contribution in [0.5, 0.6) is 0 Å². The Bertz CT molecular complexity index is 699. The van der Waals surface area contributed by atoms with Crippen molar-refractivity contribution in [3.63, 3.8) is 0 Å². The SMILES string of the molecule is CCCCCNc1cnc(C(=O)N2c3ccccc3CC2C)cn1. The number of unbranched alkanes of at least 4 members (excludes halogenated alkanes) is 2. The molecule has 1 aliphatic heterocycles. The summed E-state index contributed by atoms with van der Waals surface area (Å²) in [6.07, 6.45) is 7.59. The summed E-state index contributed by atoms with van der Waals surface area (Å²) in [5, 5.41) is 3.24. The zero-order valence-electron chi connectivity index (χ0n) is 14.3. The third-order valence-corrected chi connectivity index (χ3v) is 4.38. The maximum Gasteiger partial charge on any atom is 0.278 e. The highest BCUT2D eigenvalue weighted by atomic mass is 16.2. The molecule has 0 fully saturated rings. The first kappa shape index (κ1) is 16.4. The summed E-state index contributed by atoms with van der Waals surface area (Å²) in [5.74, 6) is 0.634. The molecule has 2 aromatic rings. The Kier molecular flexibility index (Phi) is 5.08. The first-order chi connectivity index (χ1) is 11.7. The largest absolute Gasteiger partial charge is 0.369 e. The van der Waals surface area contributed by atoms with Gasteiger partial charge in [0, 0.05) is 18.3 Å². The molecule has 0 bridgehead atoms. The minimum Gasteiger partial charge on any atom is -0.369 e. The number of hydrogen-bond donors (Lipinski definition) is 1. The van der Waals surface area contributed by atoms with E-state index in [1.165, 1.54) is 18.4 Å². The first-order valence-corrected chi connectivity index (χ1v) is 8.68. The van der Waals surface area contributed by atoms with Crippen LogP contribution in [0.1, 0.15) is 49.2 Å². The second kappa shape index (κ2) is 7.43. The molecular formula is C19H24N4O. The van der Waals surface area contributed by atoms with Crippen LogP contribution in [0.3, 0.4) is 0 Å². The van der Waals surface area contributed by atoms with E-state index < -0.39 is 0 Å². The van der Waals surface area contributed by atoms with Gasteiger partial charge >= 0.3 is 0 Å². The zero-order valence-corrected chi connectivity index (χ0v) is 14.3. The monoisotopic (exact) mass is 324 g/mol. The second-order valence-electron chi connectivity index (χ2n) is 6.28. The lowest BCUT2D eigenvalue weighted by atomic mass is 10.1. The summed E-state index contributed by atoms with van der Waals surface area (Å²) >= 11 is 0. The summed E-state index contributed by atoms with van der Waals surface area (Å²) in [6.45, 7) is 5.12. The molecule has 0 aliphatic carbocycles. The van der Waals surface area contributed by atoms with Gasteiger partial charge in [0.25, 0.3) is 5.91 Å². The van der Waals surface area contributed by atoms with Crippen molar-refractivity contribution in [3.8, 4) is 0 Å². The number of nitrogens with one attached hydrogen (secondary N) is 1. The van der Waals surface area contributed by atoms with Gasteiger partial charge in [0.1, 0.15) is 11.5 Å². The number of hydrogen-bond acceptors (Lipinski definition) is 4. The van der Waals surface area contributed by atoms with Gasteiger partial charge in [-0.1, -0.05) is 38.0 Å². The normalized spacial score (nSPS) is 16.1. The lowest BCUT2D eigenvalue weighted by Crippen LogP contribution is -2.36. The molecule has 24 heavy (non-hydrogen) atoms. The zero-order chi connectivity index (χ0) is 16.9. The molecule has 3 rings (SSSR count). The number of benzene rings is 1. The molecule has 5 nitrogen and oxygen atoms in total. The highest BCUT2D eigenvalue weighted by Crippen LogP contribution is 2.32. The molecule has 1 aliphatic rings.